The average Bonchev–Trinajstić information content (AvgIpc) is 3.25. The quantitative estimate of drug-likeness (QED) is 0.294. The van der Waals surface area contributed by atoms with Crippen molar-refractivity contribution < 1.29 is 28.5 Å². The second-order valence-corrected chi connectivity index (χ2v) is 8.81. The first-order valence-electron chi connectivity index (χ1n) is 12.3. The Morgan fingerprint density at radius 3 is 1.72 bits per heavy atom. The van der Waals surface area contributed by atoms with Crippen LogP contribution in [0.2, 0.25) is 0 Å². The van der Waals surface area contributed by atoms with Crippen molar-refractivity contribution in [3.63, 3.8) is 0 Å². The first-order chi connectivity index (χ1) is 18.9. The third kappa shape index (κ3) is 6.09. The number of imidazole rings is 1. The van der Waals surface area contributed by atoms with Crippen molar-refractivity contribution in [2.24, 2.45) is 7.05 Å². The average molecular weight is 532 g/mol. The Hall–Kier alpha value is -4.66. The molecule has 0 aliphatic rings. The van der Waals surface area contributed by atoms with Crippen LogP contribution in [0.15, 0.2) is 60.7 Å². The Morgan fingerprint density at radius 1 is 0.744 bits per heavy atom. The van der Waals surface area contributed by atoms with E-state index in [0.717, 1.165) is 34.0 Å². The molecule has 1 aromatic heterocycles. The lowest BCUT2D eigenvalue weighted by Gasteiger charge is -2.14. The number of amides is 1. The van der Waals surface area contributed by atoms with E-state index in [1.165, 1.54) is 21.3 Å². The summed E-state index contributed by atoms with van der Waals surface area (Å²) in [5.41, 5.74) is 4.36. The standard InChI is InChI=1S/C30H33N3O6/c1-33-25(16-20-9-13-23(36-3)14-10-20)24(15-19-7-11-22(35-2)12-8-19)31-30(33)32-29(34)21-17-26(37-4)28(39-6)27(18-21)38-5/h7-14,17-18H,15-16H2,1-6H3,(H,31,32,34). The molecule has 3 aromatic carbocycles. The second-order valence-electron chi connectivity index (χ2n) is 8.81. The number of aromatic nitrogens is 2. The minimum Gasteiger partial charge on any atom is -0.497 e. The lowest BCUT2D eigenvalue weighted by Crippen LogP contribution is -2.16. The van der Waals surface area contributed by atoms with Crippen LogP contribution >= 0.6 is 0 Å². The molecule has 0 fully saturated rings. The summed E-state index contributed by atoms with van der Waals surface area (Å²) < 4.78 is 28.7. The highest BCUT2D eigenvalue weighted by Gasteiger charge is 2.21. The van der Waals surface area contributed by atoms with Crippen LogP contribution in [0.5, 0.6) is 28.7 Å². The van der Waals surface area contributed by atoms with Crippen LogP contribution in [0.4, 0.5) is 5.95 Å². The number of nitrogens with one attached hydrogen (secondary N) is 1. The molecule has 4 rings (SSSR count). The number of nitrogens with zero attached hydrogens (tertiary/aromatic N) is 2. The lowest BCUT2D eigenvalue weighted by atomic mass is 10.0. The van der Waals surface area contributed by atoms with Gasteiger partial charge in [-0.05, 0) is 47.5 Å². The molecule has 204 valence electrons. The van der Waals surface area contributed by atoms with Crippen LogP contribution in [0, 0.1) is 0 Å². The molecule has 0 unspecified atom stereocenters. The Balaban J connectivity index is 1.68. The van der Waals surface area contributed by atoms with Gasteiger partial charge in [0, 0.05) is 31.1 Å². The third-order valence-corrected chi connectivity index (χ3v) is 6.51. The number of ether oxygens (including phenoxy) is 5. The van der Waals surface area contributed by atoms with Crippen molar-refractivity contribution in [3.8, 4) is 28.7 Å². The van der Waals surface area contributed by atoms with Crippen molar-refractivity contribution in [1.82, 2.24) is 9.55 Å². The monoisotopic (exact) mass is 531 g/mol. The van der Waals surface area contributed by atoms with Gasteiger partial charge in [-0.2, -0.15) is 0 Å². The van der Waals surface area contributed by atoms with Crippen LogP contribution in [0.1, 0.15) is 32.9 Å². The molecule has 9 nitrogen and oxygen atoms in total. The number of hydrogen-bond acceptors (Lipinski definition) is 7. The highest BCUT2D eigenvalue weighted by molar-refractivity contribution is 6.04. The van der Waals surface area contributed by atoms with Crippen LogP contribution in [-0.4, -0.2) is 51.0 Å². The normalized spacial score (nSPS) is 10.6. The van der Waals surface area contributed by atoms with Crippen LogP contribution in [-0.2, 0) is 19.9 Å². The van der Waals surface area contributed by atoms with Gasteiger partial charge in [-0.25, -0.2) is 4.98 Å². The van der Waals surface area contributed by atoms with Crippen molar-refractivity contribution in [3.05, 3.63) is 88.7 Å². The van der Waals surface area contributed by atoms with E-state index >= 15 is 0 Å². The number of carbonyl (C=O) groups excluding carboxylic acids is 1. The van der Waals surface area contributed by atoms with Gasteiger partial charge in [0.25, 0.3) is 5.91 Å². The van der Waals surface area contributed by atoms with E-state index in [2.05, 4.69) is 5.32 Å². The Morgan fingerprint density at radius 2 is 1.26 bits per heavy atom. The smallest absolute Gasteiger partial charge is 0.258 e. The molecule has 0 saturated heterocycles. The zero-order valence-electron chi connectivity index (χ0n) is 23.0. The van der Waals surface area contributed by atoms with E-state index in [1.54, 1.807) is 26.4 Å². The Labute approximate surface area is 228 Å². The number of hydrogen-bond donors (Lipinski definition) is 1. The molecule has 39 heavy (non-hydrogen) atoms. The Kier molecular flexibility index (Phi) is 8.60. The zero-order chi connectivity index (χ0) is 27.9. The van der Waals surface area contributed by atoms with E-state index in [-0.39, 0.29) is 5.91 Å². The number of carbonyl (C=O) groups is 1. The Bertz CT molecular complexity index is 1400. The summed E-state index contributed by atoms with van der Waals surface area (Å²) in [5.74, 6) is 2.86. The van der Waals surface area contributed by atoms with E-state index < -0.39 is 0 Å². The van der Waals surface area contributed by atoms with Gasteiger partial charge in [0.1, 0.15) is 11.5 Å². The van der Waals surface area contributed by atoms with Gasteiger partial charge in [0.15, 0.2) is 11.5 Å². The van der Waals surface area contributed by atoms with Crippen LogP contribution < -0.4 is 29.0 Å². The fourth-order valence-corrected chi connectivity index (χ4v) is 4.32. The molecule has 0 bridgehead atoms. The predicted octanol–water partition coefficient (Wildman–Crippen LogP) is 4.90. The van der Waals surface area contributed by atoms with Crippen LogP contribution in [0.3, 0.4) is 0 Å². The molecular formula is C30H33N3O6. The number of benzene rings is 3. The summed E-state index contributed by atoms with van der Waals surface area (Å²) in [5, 5.41) is 2.96. The largest absolute Gasteiger partial charge is 0.497 e. The topological polar surface area (TPSA) is 93.1 Å². The van der Waals surface area contributed by atoms with Gasteiger partial charge >= 0.3 is 0 Å². The molecule has 0 spiro atoms. The highest BCUT2D eigenvalue weighted by Crippen LogP contribution is 2.38. The summed E-state index contributed by atoms with van der Waals surface area (Å²) >= 11 is 0. The van der Waals surface area contributed by atoms with E-state index in [1.807, 2.05) is 60.1 Å². The van der Waals surface area contributed by atoms with E-state index in [9.17, 15) is 4.79 Å². The summed E-state index contributed by atoms with van der Waals surface area (Å²) in [4.78, 5) is 18.2. The minimum absolute atomic E-state index is 0.348. The summed E-state index contributed by atoms with van der Waals surface area (Å²) in [7, 11) is 9.72. The molecule has 0 radical (unpaired) electrons. The van der Waals surface area contributed by atoms with E-state index in [4.69, 9.17) is 28.7 Å². The van der Waals surface area contributed by atoms with Crippen molar-refractivity contribution >= 4 is 11.9 Å². The lowest BCUT2D eigenvalue weighted by molar-refractivity contribution is 0.102. The fourth-order valence-electron chi connectivity index (χ4n) is 4.32. The van der Waals surface area contributed by atoms with Crippen molar-refractivity contribution in [2.75, 3.05) is 40.9 Å². The highest BCUT2D eigenvalue weighted by atomic mass is 16.5. The second kappa shape index (κ2) is 12.3. The van der Waals surface area contributed by atoms with E-state index in [0.29, 0.717) is 41.6 Å². The minimum atomic E-state index is -0.352. The van der Waals surface area contributed by atoms with Crippen molar-refractivity contribution in [2.45, 2.75) is 12.8 Å². The SMILES string of the molecule is COc1ccc(Cc2nc(NC(=O)c3cc(OC)c(OC)c(OC)c3)n(C)c2Cc2ccc(OC)cc2)cc1. The molecule has 0 aliphatic heterocycles. The van der Waals surface area contributed by atoms with Gasteiger partial charge in [-0.15, -0.1) is 0 Å². The van der Waals surface area contributed by atoms with Crippen LogP contribution in [0.25, 0.3) is 0 Å². The molecule has 1 heterocycles. The summed E-state index contributed by atoms with van der Waals surface area (Å²) in [6.07, 6.45) is 1.21. The fraction of sp³-hybridized carbons (Fsp3) is 0.267. The molecule has 0 saturated carbocycles. The molecule has 0 aliphatic carbocycles. The van der Waals surface area contributed by atoms with Gasteiger partial charge in [0.05, 0.1) is 41.2 Å². The van der Waals surface area contributed by atoms with Gasteiger partial charge in [-0.3, -0.25) is 10.1 Å². The van der Waals surface area contributed by atoms with Crippen molar-refractivity contribution in [1.29, 1.82) is 0 Å². The maximum atomic E-state index is 13.3. The van der Waals surface area contributed by atoms with Gasteiger partial charge in [0.2, 0.25) is 11.7 Å². The third-order valence-electron chi connectivity index (χ3n) is 6.51. The molecular weight excluding hydrogens is 498 g/mol. The first kappa shape index (κ1) is 27.4. The zero-order valence-corrected chi connectivity index (χ0v) is 23.0. The first-order valence-corrected chi connectivity index (χ1v) is 12.3. The van der Waals surface area contributed by atoms with Gasteiger partial charge < -0.3 is 28.3 Å². The molecule has 4 aromatic rings. The predicted molar refractivity (Wildman–Crippen MR) is 149 cm³/mol. The summed E-state index contributed by atoms with van der Waals surface area (Å²) in [6.45, 7) is 0. The molecule has 9 heteroatoms. The number of rotatable bonds is 11. The molecule has 0 atom stereocenters. The maximum Gasteiger partial charge on any atom is 0.258 e. The van der Waals surface area contributed by atoms with Gasteiger partial charge in [-0.1, -0.05) is 24.3 Å². The maximum absolute atomic E-state index is 13.3. The number of anilines is 1. The molecule has 1 amide bonds. The summed E-state index contributed by atoms with van der Waals surface area (Å²) in [6, 6.07) is 19.0. The number of methoxy groups -OCH3 is 5. The molecule has 1 N–H and O–H groups in total.